The molecule has 0 unspecified atom stereocenters. The van der Waals surface area contributed by atoms with Gasteiger partial charge in [-0.1, -0.05) is 6.07 Å². The Balaban J connectivity index is 2.08. The van der Waals surface area contributed by atoms with Gasteiger partial charge in [0.05, 0.1) is 43.6 Å². The standard InChI is InChI=1S/C24H26NO4/c1-14(2)29-23-10-16-13-25(3)24-17(18(16)11-22(23)28-6)8-7-15-9-20(26-4)21(27-5)12-19(15)24/h7-14H,1-6H3/q+1. The number of hydrogen-bond donors (Lipinski definition) is 0. The zero-order chi connectivity index (χ0) is 20.7. The number of nitrogens with zero attached hydrogens (tertiary/aromatic N) is 1. The predicted molar refractivity (Wildman–Crippen MR) is 116 cm³/mol. The zero-order valence-corrected chi connectivity index (χ0v) is 17.7. The van der Waals surface area contributed by atoms with Crippen molar-refractivity contribution in [2.45, 2.75) is 20.0 Å². The minimum absolute atomic E-state index is 0.0712. The van der Waals surface area contributed by atoms with Gasteiger partial charge >= 0.3 is 0 Å². The first-order valence-electron chi connectivity index (χ1n) is 9.62. The van der Waals surface area contributed by atoms with E-state index in [1.807, 2.05) is 32.0 Å². The summed E-state index contributed by atoms with van der Waals surface area (Å²) in [6.45, 7) is 4.02. The van der Waals surface area contributed by atoms with Crippen LogP contribution in [0.15, 0.2) is 42.6 Å². The van der Waals surface area contributed by atoms with Gasteiger partial charge in [-0.3, -0.25) is 0 Å². The Kier molecular flexibility index (Phi) is 4.82. The molecule has 0 bridgehead atoms. The smallest absolute Gasteiger partial charge is 0.220 e. The fourth-order valence-electron chi connectivity index (χ4n) is 3.93. The van der Waals surface area contributed by atoms with Gasteiger partial charge < -0.3 is 18.9 Å². The van der Waals surface area contributed by atoms with Crippen molar-refractivity contribution in [3.05, 3.63) is 42.6 Å². The largest absolute Gasteiger partial charge is 0.493 e. The van der Waals surface area contributed by atoms with Crippen LogP contribution in [0.2, 0.25) is 0 Å². The van der Waals surface area contributed by atoms with Crippen molar-refractivity contribution in [1.29, 1.82) is 0 Å². The number of aryl methyl sites for hydroxylation is 1. The molecular formula is C24H26NO4+. The maximum Gasteiger partial charge on any atom is 0.220 e. The zero-order valence-electron chi connectivity index (χ0n) is 17.7. The third-order valence-electron chi connectivity index (χ3n) is 5.17. The number of aromatic nitrogens is 1. The van der Waals surface area contributed by atoms with Crippen LogP contribution in [0.1, 0.15) is 13.8 Å². The molecule has 0 aliphatic carbocycles. The first-order chi connectivity index (χ1) is 14.0. The lowest BCUT2D eigenvalue weighted by molar-refractivity contribution is -0.642. The summed E-state index contributed by atoms with van der Waals surface area (Å²) < 4.78 is 24.7. The lowest BCUT2D eigenvalue weighted by atomic mass is 10.00. The third-order valence-corrected chi connectivity index (χ3v) is 5.17. The molecule has 29 heavy (non-hydrogen) atoms. The van der Waals surface area contributed by atoms with E-state index >= 15 is 0 Å². The van der Waals surface area contributed by atoms with Gasteiger partial charge in [-0.2, -0.15) is 4.57 Å². The van der Waals surface area contributed by atoms with E-state index in [1.54, 1.807) is 21.3 Å². The molecular weight excluding hydrogens is 366 g/mol. The Morgan fingerprint density at radius 1 is 0.690 bits per heavy atom. The molecule has 0 amide bonds. The van der Waals surface area contributed by atoms with Gasteiger partial charge in [0.2, 0.25) is 5.52 Å². The van der Waals surface area contributed by atoms with Crippen molar-refractivity contribution < 1.29 is 23.5 Å². The second kappa shape index (κ2) is 7.32. The van der Waals surface area contributed by atoms with E-state index in [-0.39, 0.29) is 6.10 Å². The highest BCUT2D eigenvalue weighted by Gasteiger charge is 2.19. The number of hydrogen-bond acceptors (Lipinski definition) is 4. The monoisotopic (exact) mass is 392 g/mol. The van der Waals surface area contributed by atoms with Crippen molar-refractivity contribution in [3.8, 4) is 23.0 Å². The molecule has 0 radical (unpaired) electrons. The molecule has 0 saturated heterocycles. The van der Waals surface area contributed by atoms with Crippen LogP contribution >= 0.6 is 0 Å². The van der Waals surface area contributed by atoms with Crippen LogP contribution in [0.5, 0.6) is 23.0 Å². The fraction of sp³-hybridized carbons (Fsp3) is 0.292. The van der Waals surface area contributed by atoms with Crippen molar-refractivity contribution in [3.63, 3.8) is 0 Å². The predicted octanol–water partition coefficient (Wildman–Crippen LogP) is 4.78. The Bertz CT molecular complexity index is 1230. The maximum absolute atomic E-state index is 5.96. The van der Waals surface area contributed by atoms with Crippen LogP contribution in [0.3, 0.4) is 0 Å². The maximum atomic E-state index is 5.96. The summed E-state index contributed by atoms with van der Waals surface area (Å²) in [6.07, 6.45) is 2.20. The minimum Gasteiger partial charge on any atom is -0.493 e. The molecule has 5 nitrogen and oxygen atoms in total. The van der Waals surface area contributed by atoms with Gasteiger partial charge in [-0.05, 0) is 49.6 Å². The fourth-order valence-corrected chi connectivity index (χ4v) is 3.93. The molecule has 4 rings (SSSR count). The van der Waals surface area contributed by atoms with E-state index < -0.39 is 0 Å². The van der Waals surface area contributed by atoms with Crippen LogP contribution in [-0.2, 0) is 7.05 Å². The summed E-state index contributed by atoms with van der Waals surface area (Å²) in [7, 11) is 7.05. The molecule has 0 spiro atoms. The topological polar surface area (TPSA) is 40.8 Å². The summed E-state index contributed by atoms with van der Waals surface area (Å²) in [5, 5.41) is 5.54. The molecule has 0 aliphatic rings. The molecule has 5 heteroatoms. The van der Waals surface area contributed by atoms with Crippen LogP contribution in [0.4, 0.5) is 0 Å². The second-order valence-electron chi connectivity index (χ2n) is 7.39. The number of ether oxygens (including phenoxy) is 4. The molecule has 4 aromatic rings. The number of pyridine rings is 1. The lowest BCUT2D eigenvalue weighted by Crippen LogP contribution is -2.28. The highest BCUT2D eigenvalue weighted by Crippen LogP contribution is 2.39. The highest BCUT2D eigenvalue weighted by atomic mass is 16.5. The second-order valence-corrected chi connectivity index (χ2v) is 7.39. The highest BCUT2D eigenvalue weighted by molar-refractivity contribution is 6.14. The van der Waals surface area contributed by atoms with Crippen LogP contribution < -0.4 is 23.5 Å². The van der Waals surface area contributed by atoms with E-state index in [4.69, 9.17) is 18.9 Å². The van der Waals surface area contributed by atoms with Crippen LogP contribution in [0.25, 0.3) is 32.4 Å². The number of benzene rings is 3. The summed E-state index contributed by atoms with van der Waals surface area (Å²) in [5.41, 5.74) is 1.12. The summed E-state index contributed by atoms with van der Waals surface area (Å²) >= 11 is 0. The third kappa shape index (κ3) is 3.16. The average molecular weight is 392 g/mol. The Hall–Kier alpha value is -3.21. The molecule has 0 atom stereocenters. The Morgan fingerprint density at radius 2 is 1.28 bits per heavy atom. The van der Waals surface area contributed by atoms with Crippen molar-refractivity contribution in [2.75, 3.05) is 21.3 Å². The van der Waals surface area contributed by atoms with Crippen LogP contribution in [0, 0.1) is 0 Å². The average Bonchev–Trinajstić information content (AvgIpc) is 2.71. The first-order valence-corrected chi connectivity index (χ1v) is 9.62. The Morgan fingerprint density at radius 3 is 1.93 bits per heavy atom. The van der Waals surface area contributed by atoms with E-state index in [9.17, 15) is 0 Å². The molecule has 0 N–H and O–H groups in total. The summed E-state index contributed by atoms with van der Waals surface area (Å²) in [4.78, 5) is 0. The lowest BCUT2D eigenvalue weighted by Gasteiger charge is -2.15. The van der Waals surface area contributed by atoms with Gasteiger partial charge in [0.1, 0.15) is 7.05 Å². The van der Waals surface area contributed by atoms with E-state index in [1.165, 1.54) is 0 Å². The van der Waals surface area contributed by atoms with Gasteiger partial charge in [0.15, 0.2) is 29.2 Å². The normalized spacial score (nSPS) is 11.4. The van der Waals surface area contributed by atoms with Gasteiger partial charge in [-0.15, -0.1) is 0 Å². The molecule has 3 aromatic carbocycles. The quantitative estimate of drug-likeness (QED) is 0.362. The Labute approximate surface area is 170 Å². The number of rotatable bonds is 5. The van der Waals surface area contributed by atoms with E-state index in [2.05, 4.69) is 36.0 Å². The van der Waals surface area contributed by atoms with E-state index in [0.717, 1.165) is 49.7 Å². The van der Waals surface area contributed by atoms with Gasteiger partial charge in [-0.25, -0.2) is 0 Å². The van der Waals surface area contributed by atoms with Crippen molar-refractivity contribution >= 4 is 32.4 Å². The van der Waals surface area contributed by atoms with Crippen molar-refractivity contribution in [2.24, 2.45) is 7.05 Å². The number of fused-ring (bicyclic) bond motifs is 5. The molecule has 0 saturated carbocycles. The number of methoxy groups -OCH3 is 3. The van der Waals surface area contributed by atoms with Crippen LogP contribution in [-0.4, -0.2) is 27.4 Å². The summed E-state index contributed by atoms with van der Waals surface area (Å²) in [5.74, 6) is 2.92. The summed E-state index contributed by atoms with van der Waals surface area (Å²) in [6, 6.07) is 12.4. The van der Waals surface area contributed by atoms with Gasteiger partial charge in [0, 0.05) is 5.39 Å². The molecule has 0 fully saturated rings. The van der Waals surface area contributed by atoms with Gasteiger partial charge in [0.25, 0.3) is 0 Å². The van der Waals surface area contributed by atoms with E-state index in [0.29, 0.717) is 5.75 Å². The minimum atomic E-state index is 0.0712. The van der Waals surface area contributed by atoms with Crippen molar-refractivity contribution in [1.82, 2.24) is 0 Å². The SMILES string of the molecule is COc1cc2ccc3c4cc(OC)c(OC(C)C)cc4c[n+](C)c3c2cc1OC. The molecule has 1 heterocycles. The molecule has 0 aliphatic heterocycles. The first kappa shape index (κ1) is 19.1. The molecule has 150 valence electrons. The molecule has 1 aromatic heterocycles.